The Morgan fingerprint density at radius 1 is 0.888 bits per heavy atom. The number of anilines is 2. The maximum atomic E-state index is 14.6. The number of hydrazine groups is 1. The molecule has 4 aliphatic rings. The predicted octanol–water partition coefficient (Wildman–Crippen LogP) is 4.27. The second-order valence-electron chi connectivity index (χ2n) is 27.1. The van der Waals surface area contributed by atoms with Gasteiger partial charge in [0.15, 0.2) is 17.6 Å². The molecule has 33 nitrogen and oxygen atoms in total. The van der Waals surface area contributed by atoms with Crippen LogP contribution in [-0.4, -0.2) is 246 Å². The lowest BCUT2D eigenvalue weighted by Gasteiger charge is -2.42. The number of alkyl carbamates (subject to hydrolysis) is 1. The van der Waals surface area contributed by atoms with Crippen LogP contribution in [0.1, 0.15) is 95.9 Å². The van der Waals surface area contributed by atoms with Gasteiger partial charge in [-0.3, -0.25) is 39.6 Å². The molecule has 1 aromatic heterocycles. The third-order valence-electron chi connectivity index (χ3n) is 19.3. The van der Waals surface area contributed by atoms with Crippen LogP contribution in [0.15, 0.2) is 84.5 Å². The van der Waals surface area contributed by atoms with Crippen molar-refractivity contribution in [2.75, 3.05) is 79.1 Å². The normalized spacial score (nSPS) is 25.9. The number of methoxy groups -OCH3 is 2. The van der Waals surface area contributed by atoms with Crippen molar-refractivity contribution in [1.82, 2.24) is 30.5 Å². The van der Waals surface area contributed by atoms with Gasteiger partial charge in [-0.05, 0) is 100.0 Å². The Balaban J connectivity index is 0.878. The molecule has 1 unspecified atom stereocenters. The highest BCUT2D eigenvalue weighted by molar-refractivity contribution is 6.35. The van der Waals surface area contributed by atoms with Crippen molar-refractivity contribution in [2.45, 2.75) is 184 Å². The van der Waals surface area contributed by atoms with E-state index in [4.69, 9.17) is 59.0 Å². The molecule has 0 radical (unpaired) electrons. The maximum Gasteiger partial charge on any atom is 0.410 e. The van der Waals surface area contributed by atoms with E-state index in [1.807, 2.05) is 53.9 Å². The van der Waals surface area contributed by atoms with Crippen molar-refractivity contribution in [1.29, 1.82) is 0 Å². The number of para-hydroxylation sites is 1. The van der Waals surface area contributed by atoms with Crippen LogP contribution in [0, 0.1) is 5.92 Å². The number of epoxide rings is 1. The number of likely N-dealkylation sites (N-methyl/N-ethyl adjacent to an activating group) is 1. The number of Topliss-reactive ketones (excluding diaryl/α,β-unsaturated/α-hetero) is 1. The number of ether oxygens (including phenoxy) is 10. The summed E-state index contributed by atoms with van der Waals surface area (Å²) >= 11 is 6.86. The number of rotatable bonds is 32. The zero-order chi connectivity index (χ0) is 78.2. The summed E-state index contributed by atoms with van der Waals surface area (Å²) in [6.45, 7) is 6.87. The van der Waals surface area contributed by atoms with Gasteiger partial charge in [-0.1, -0.05) is 66.6 Å². The fraction of sp³-hybridized carbons (Fsp3) is 0.548. The van der Waals surface area contributed by atoms with Crippen molar-refractivity contribution >= 4 is 87.5 Å². The van der Waals surface area contributed by atoms with E-state index in [2.05, 4.69) is 21.4 Å². The molecule has 4 aliphatic heterocycles. The fourth-order valence-corrected chi connectivity index (χ4v) is 13.1. The first kappa shape index (κ1) is 83.8. The zero-order valence-electron chi connectivity index (χ0n) is 61.4. The monoisotopic (exact) mass is 1520 g/mol. The van der Waals surface area contributed by atoms with Crippen LogP contribution in [0.4, 0.5) is 21.0 Å². The molecule has 5 amide bonds. The molecule has 0 aliphatic carbocycles. The summed E-state index contributed by atoms with van der Waals surface area (Å²) in [5.74, 6) is -6.51. The van der Waals surface area contributed by atoms with E-state index < -0.39 is 145 Å². The molecule has 3 fully saturated rings. The minimum Gasteiger partial charge on any atom is -0.495 e. The molecule has 107 heavy (non-hydrogen) atoms. The Morgan fingerprint density at radius 2 is 1.62 bits per heavy atom. The first-order valence-electron chi connectivity index (χ1n) is 35.0. The molecule has 4 bridgehead atoms. The van der Waals surface area contributed by atoms with Crippen molar-refractivity contribution < 1.29 is 121 Å². The molecule has 14 atom stereocenters. The van der Waals surface area contributed by atoms with E-state index in [9.17, 15) is 73.8 Å². The quantitative estimate of drug-likeness (QED) is 0.0107. The van der Waals surface area contributed by atoms with Crippen molar-refractivity contribution in [3.8, 4) is 11.5 Å². The molecule has 3 aromatic carbocycles. The first-order chi connectivity index (χ1) is 50.8. The molecule has 586 valence electrons. The van der Waals surface area contributed by atoms with Crippen LogP contribution in [0.3, 0.4) is 0 Å². The van der Waals surface area contributed by atoms with E-state index in [0.717, 1.165) is 27.1 Å². The summed E-state index contributed by atoms with van der Waals surface area (Å²) in [5.41, 5.74) is 3.46. The molecule has 4 aromatic rings. The van der Waals surface area contributed by atoms with Gasteiger partial charge < -0.3 is 98.1 Å². The van der Waals surface area contributed by atoms with Gasteiger partial charge in [0, 0.05) is 84.2 Å². The fourth-order valence-electron chi connectivity index (χ4n) is 12.8. The predicted molar refractivity (Wildman–Crippen MR) is 383 cm³/mol. The number of carbonyl (C=O) groups excluding carboxylic acids is 7. The second-order valence-corrected chi connectivity index (χ2v) is 27.4. The number of esters is 1. The summed E-state index contributed by atoms with van der Waals surface area (Å²) in [7, 11) is 9.24. The van der Waals surface area contributed by atoms with E-state index in [-0.39, 0.29) is 111 Å². The van der Waals surface area contributed by atoms with Gasteiger partial charge >= 0.3 is 30.1 Å². The standard InChI is InChI=1S/C73H97ClN8O25/c1-40-15-13-19-55(99-10)73(97)37-54(104-70(95)78-73)41(2)66-72(4,107-66)56(36-59(86)81(8)50-33-44(31-40)34-53(98-9)61(50)74)105-68(94)42(3)80(7)71(96)102-39-43-20-22-52(103-69-64(91)62(89)63(90)65(106-69)67(92)93)48(32-43)77-58(85)25-28-101-30-29-100-27-14-18-51(83)47(21-23-60(87)88)76-57(84)24-26-82-46(38-79(6)75-5)35-45-16-11-12-17-49(45)82/h11-13,15-17,19-20,22,32-35,41-42,47,54-56,62-66,69,75,89-91,97H,14,18,21,23-31,36-39H2,1-10H3,(H,76,84)(H,77,85)(H,78,95)(H,87,88)(H,92,93)/b19-13+,40-15+/t41-,42+,47-,54+,55-,56+,62+,63+,64-,65+,66+,69?,72-,73+/m1/s1. The average Bonchev–Trinajstić information content (AvgIpc) is 1.57. The number of carbonyl (C=O) groups is 9. The number of aliphatic hydroxyl groups is 4. The molecule has 0 spiro atoms. The third kappa shape index (κ3) is 21.7. The Morgan fingerprint density at radius 3 is 2.32 bits per heavy atom. The molecule has 3 saturated heterocycles. The lowest BCUT2D eigenvalue weighted by molar-refractivity contribution is -0.271. The minimum atomic E-state index is -2.05. The highest BCUT2D eigenvalue weighted by atomic mass is 35.5. The molecular weight excluding hydrogens is 1420 g/mol. The van der Waals surface area contributed by atoms with E-state index >= 15 is 0 Å². The molecule has 8 rings (SSSR count). The number of amides is 5. The Hall–Kier alpha value is -8.84. The van der Waals surface area contributed by atoms with Gasteiger partial charge in [0.2, 0.25) is 24.0 Å². The third-order valence-corrected chi connectivity index (χ3v) is 19.7. The number of aliphatic carboxylic acids is 2. The van der Waals surface area contributed by atoms with Gasteiger partial charge in [0.25, 0.3) is 0 Å². The van der Waals surface area contributed by atoms with Gasteiger partial charge in [-0.15, -0.1) is 0 Å². The number of halogens is 1. The minimum absolute atomic E-state index is 0.00293. The van der Waals surface area contributed by atoms with Gasteiger partial charge in [0.05, 0.1) is 69.8 Å². The number of benzene rings is 3. The number of allylic oxidation sites excluding steroid dienone is 3. The number of nitrogens with zero attached hydrogens (tertiary/aromatic N) is 4. The van der Waals surface area contributed by atoms with Crippen molar-refractivity contribution in [3.63, 3.8) is 0 Å². The van der Waals surface area contributed by atoms with E-state index in [1.54, 1.807) is 51.3 Å². The average molecular weight is 1520 g/mol. The summed E-state index contributed by atoms with van der Waals surface area (Å²) in [5, 5.41) is 73.7. The van der Waals surface area contributed by atoms with Crippen molar-refractivity contribution in [2.24, 2.45) is 5.92 Å². The van der Waals surface area contributed by atoms with Crippen LogP contribution >= 0.6 is 11.6 Å². The van der Waals surface area contributed by atoms with Crippen molar-refractivity contribution in [3.05, 3.63) is 106 Å². The van der Waals surface area contributed by atoms with Gasteiger partial charge in [0.1, 0.15) is 71.4 Å². The molecule has 5 heterocycles. The Kier molecular flexibility index (Phi) is 29.6. The van der Waals surface area contributed by atoms with Crippen LogP contribution in [0.2, 0.25) is 5.02 Å². The second kappa shape index (κ2) is 37.8. The molecule has 10 N–H and O–H groups in total. The number of aryl methyl sites for hydroxylation is 1. The summed E-state index contributed by atoms with van der Waals surface area (Å²) < 4.78 is 59.6. The molecular formula is C73H97ClN8O25. The Bertz CT molecular complexity index is 3910. The largest absolute Gasteiger partial charge is 0.495 e. The van der Waals surface area contributed by atoms with E-state index in [1.165, 1.54) is 58.3 Å². The number of ketones is 1. The lowest BCUT2D eigenvalue weighted by atomic mass is 9.83. The summed E-state index contributed by atoms with van der Waals surface area (Å²) in [4.78, 5) is 122. The number of fused-ring (bicyclic) bond motifs is 6. The summed E-state index contributed by atoms with van der Waals surface area (Å²) in [6.07, 6.45) is -12.1. The smallest absolute Gasteiger partial charge is 0.410 e. The van der Waals surface area contributed by atoms with E-state index in [0.29, 0.717) is 25.1 Å². The number of carboxylic acid groups (broad SMARTS) is 2. The molecule has 0 saturated carbocycles. The lowest BCUT2D eigenvalue weighted by Crippen LogP contribution is -2.63. The van der Waals surface area contributed by atoms with Crippen LogP contribution in [0.25, 0.3) is 10.9 Å². The number of aromatic nitrogens is 1. The van der Waals surface area contributed by atoms with Crippen LogP contribution in [-0.2, 0) is 97.6 Å². The summed E-state index contributed by atoms with van der Waals surface area (Å²) in [6, 6.07) is 14.7. The zero-order valence-corrected chi connectivity index (χ0v) is 62.1. The number of aliphatic hydroxyl groups excluding tert-OH is 3. The topological polar surface area (TPSA) is 433 Å². The highest BCUT2D eigenvalue weighted by Gasteiger charge is 2.65. The van der Waals surface area contributed by atoms with Gasteiger partial charge in [-0.25, -0.2) is 24.2 Å². The SMILES string of the molecule is CNN(C)Cc1cc2ccccc2n1CCC(=O)N[C@H](CCC(=O)O)C(=O)CCCOCCOCCC(=O)Nc1cc(COC(=O)N(C)[C@@H](C)C(=O)O[C@H]2CC(=O)N(C)c3cc(cc(OC)c3Cl)C/C(C)=C/C=C/[C@@H](OC)[C@@]3(O)C[C@H](OC(=O)N3)[C@@H](C)[C@@H]3O[C@]23C)ccc1OC1O[C@H](C(=O)O)[C@@H](O)[C@H](O)[C@H]1O. The first-order valence-corrected chi connectivity index (χ1v) is 35.3. The molecule has 34 heteroatoms. The van der Waals surface area contributed by atoms with Gasteiger partial charge in [-0.2, -0.15) is 0 Å². The number of hydrogen-bond acceptors (Lipinski definition) is 25. The van der Waals surface area contributed by atoms with Crippen LogP contribution < -0.4 is 35.7 Å². The highest BCUT2D eigenvalue weighted by Crippen LogP contribution is 2.49. The number of nitrogens with one attached hydrogen (secondary N) is 4. The Labute approximate surface area is 623 Å². The van der Waals surface area contributed by atoms with Crippen LogP contribution in [0.5, 0.6) is 11.5 Å². The number of hydrogen-bond donors (Lipinski definition) is 10. The maximum absolute atomic E-state index is 14.6. The number of carboxylic acids is 2.